The van der Waals surface area contributed by atoms with Gasteiger partial charge in [0.1, 0.15) is 5.75 Å². The standard InChI is InChI=1S/C29H35IN2O3SSi/c1-29(2,3)37(4,5)35-26-17-16-25-27(28(26)30)23(18-19-31-20-22-12-8-6-9-13-22)21-32(25)36(33,34)24-14-10-7-11-15-24/h6-17,21,31H,18-20H2,1-5H3. The highest BCUT2D eigenvalue weighted by Gasteiger charge is 2.39. The van der Waals surface area contributed by atoms with E-state index in [0.29, 0.717) is 11.9 Å². The van der Waals surface area contributed by atoms with Crippen molar-refractivity contribution in [1.29, 1.82) is 0 Å². The van der Waals surface area contributed by atoms with Crippen LogP contribution in [0, 0.1) is 3.57 Å². The number of benzene rings is 3. The molecule has 8 heteroatoms. The van der Waals surface area contributed by atoms with E-state index in [0.717, 1.165) is 33.4 Å². The van der Waals surface area contributed by atoms with Crippen LogP contribution in [0.2, 0.25) is 18.1 Å². The average Bonchev–Trinajstić information content (AvgIpc) is 3.24. The van der Waals surface area contributed by atoms with Crippen molar-refractivity contribution in [2.45, 2.75) is 56.8 Å². The highest BCUT2D eigenvalue weighted by atomic mass is 127. The molecule has 0 fully saturated rings. The molecular formula is C29H35IN2O3SSi. The third-order valence-corrected chi connectivity index (χ3v) is 14.2. The Bertz CT molecular complexity index is 1480. The molecule has 0 aliphatic heterocycles. The van der Waals surface area contributed by atoms with Crippen LogP contribution in [-0.4, -0.2) is 27.3 Å². The first-order valence-corrected chi connectivity index (χ1v) is 17.9. The van der Waals surface area contributed by atoms with Gasteiger partial charge in [-0.2, -0.15) is 0 Å². The molecule has 0 radical (unpaired) electrons. The van der Waals surface area contributed by atoms with Gasteiger partial charge in [0.25, 0.3) is 18.3 Å². The van der Waals surface area contributed by atoms with E-state index in [4.69, 9.17) is 4.43 Å². The van der Waals surface area contributed by atoms with Crippen LogP contribution in [0.1, 0.15) is 31.9 Å². The van der Waals surface area contributed by atoms with Crippen LogP contribution in [-0.2, 0) is 23.0 Å². The molecule has 4 aromatic rings. The van der Waals surface area contributed by atoms with Crippen LogP contribution >= 0.6 is 22.6 Å². The minimum Gasteiger partial charge on any atom is -0.543 e. The maximum Gasteiger partial charge on any atom is 0.268 e. The van der Waals surface area contributed by atoms with E-state index in [2.05, 4.69) is 73.9 Å². The first-order valence-electron chi connectivity index (χ1n) is 12.5. The normalized spacial score (nSPS) is 12.7. The zero-order chi connectivity index (χ0) is 26.8. The molecule has 5 nitrogen and oxygen atoms in total. The first-order chi connectivity index (χ1) is 17.4. The largest absolute Gasteiger partial charge is 0.543 e. The lowest BCUT2D eigenvalue weighted by Gasteiger charge is -2.36. The minimum atomic E-state index is -3.75. The summed E-state index contributed by atoms with van der Waals surface area (Å²) in [6.45, 7) is 12.6. The predicted molar refractivity (Wildman–Crippen MR) is 163 cm³/mol. The Kier molecular flexibility index (Phi) is 8.23. The summed E-state index contributed by atoms with van der Waals surface area (Å²) in [5.74, 6) is 0.827. The van der Waals surface area contributed by atoms with Crippen LogP contribution in [0.3, 0.4) is 0 Å². The number of fused-ring (bicyclic) bond motifs is 1. The summed E-state index contributed by atoms with van der Waals surface area (Å²) in [6, 6.07) is 22.7. The molecule has 1 aromatic heterocycles. The van der Waals surface area contributed by atoms with E-state index in [-0.39, 0.29) is 9.93 Å². The summed E-state index contributed by atoms with van der Waals surface area (Å²) in [6.07, 6.45) is 2.48. The van der Waals surface area contributed by atoms with Gasteiger partial charge in [0, 0.05) is 18.1 Å². The van der Waals surface area contributed by atoms with Gasteiger partial charge in [0.05, 0.1) is 14.0 Å². The summed E-state index contributed by atoms with van der Waals surface area (Å²) in [7, 11) is -5.82. The molecular weight excluding hydrogens is 611 g/mol. The molecule has 37 heavy (non-hydrogen) atoms. The van der Waals surface area contributed by atoms with Crippen LogP contribution in [0.5, 0.6) is 5.75 Å². The highest BCUT2D eigenvalue weighted by Crippen LogP contribution is 2.41. The lowest BCUT2D eigenvalue weighted by molar-refractivity contribution is 0.490. The number of hydrogen-bond donors (Lipinski definition) is 1. The van der Waals surface area contributed by atoms with Crippen molar-refractivity contribution in [1.82, 2.24) is 9.29 Å². The summed E-state index contributed by atoms with van der Waals surface area (Å²) in [4.78, 5) is 0.275. The topological polar surface area (TPSA) is 60.3 Å². The van der Waals surface area contributed by atoms with E-state index < -0.39 is 18.3 Å². The predicted octanol–water partition coefficient (Wildman–Crippen LogP) is 7.20. The lowest BCUT2D eigenvalue weighted by atomic mass is 10.1. The number of nitrogens with zero attached hydrogens (tertiary/aromatic N) is 1. The maximum absolute atomic E-state index is 13.7. The number of nitrogens with one attached hydrogen (secondary N) is 1. The Labute approximate surface area is 235 Å². The van der Waals surface area contributed by atoms with Gasteiger partial charge in [-0.15, -0.1) is 0 Å². The smallest absolute Gasteiger partial charge is 0.268 e. The monoisotopic (exact) mass is 646 g/mol. The fourth-order valence-corrected chi connectivity index (χ4v) is 7.52. The van der Waals surface area contributed by atoms with E-state index in [1.54, 1.807) is 30.5 Å². The Morgan fingerprint density at radius 2 is 1.57 bits per heavy atom. The molecule has 1 N–H and O–H groups in total. The molecule has 0 bridgehead atoms. The molecule has 0 saturated heterocycles. The summed E-state index contributed by atoms with van der Waals surface area (Å²) in [5.41, 5.74) is 2.88. The van der Waals surface area contributed by atoms with Gasteiger partial charge in [-0.05, 0) is 89.1 Å². The lowest BCUT2D eigenvalue weighted by Crippen LogP contribution is -2.44. The van der Waals surface area contributed by atoms with Gasteiger partial charge >= 0.3 is 0 Å². The zero-order valence-electron chi connectivity index (χ0n) is 22.1. The van der Waals surface area contributed by atoms with E-state index >= 15 is 0 Å². The van der Waals surface area contributed by atoms with Crippen LogP contribution in [0.4, 0.5) is 0 Å². The van der Waals surface area contributed by atoms with E-state index in [1.165, 1.54) is 9.54 Å². The quantitative estimate of drug-likeness (QED) is 0.119. The van der Waals surface area contributed by atoms with E-state index in [9.17, 15) is 8.42 Å². The van der Waals surface area contributed by atoms with Crippen molar-refractivity contribution in [3.8, 4) is 5.75 Å². The molecule has 4 rings (SSSR count). The maximum atomic E-state index is 13.7. The van der Waals surface area contributed by atoms with Crippen molar-refractivity contribution < 1.29 is 12.8 Å². The van der Waals surface area contributed by atoms with Gasteiger partial charge in [0.2, 0.25) is 0 Å². The van der Waals surface area contributed by atoms with Gasteiger partial charge in [-0.1, -0.05) is 69.3 Å². The molecule has 0 aliphatic carbocycles. The molecule has 0 aliphatic rings. The highest BCUT2D eigenvalue weighted by molar-refractivity contribution is 14.1. The van der Waals surface area contributed by atoms with Gasteiger partial charge in [-0.25, -0.2) is 12.4 Å². The Morgan fingerprint density at radius 3 is 2.19 bits per heavy atom. The second-order valence-corrected chi connectivity index (χ2v) is 18.4. The van der Waals surface area contributed by atoms with Crippen LogP contribution in [0.25, 0.3) is 10.9 Å². The van der Waals surface area contributed by atoms with E-state index in [1.807, 2.05) is 36.4 Å². The molecule has 196 valence electrons. The second-order valence-electron chi connectivity index (χ2n) is 10.8. The zero-order valence-corrected chi connectivity index (χ0v) is 26.1. The number of halogens is 1. The first kappa shape index (κ1) is 27.9. The number of aromatic nitrogens is 1. The van der Waals surface area contributed by atoms with Gasteiger partial charge in [0.15, 0.2) is 0 Å². The van der Waals surface area contributed by atoms with Crippen molar-refractivity contribution in [2.24, 2.45) is 0 Å². The van der Waals surface area contributed by atoms with Crippen molar-refractivity contribution in [3.05, 3.63) is 93.7 Å². The number of hydrogen-bond acceptors (Lipinski definition) is 4. The summed E-state index contributed by atoms with van der Waals surface area (Å²) < 4.78 is 36.4. The fraction of sp³-hybridized carbons (Fsp3) is 0.310. The Balaban J connectivity index is 1.74. The minimum absolute atomic E-state index is 0.0534. The summed E-state index contributed by atoms with van der Waals surface area (Å²) in [5, 5.41) is 4.50. The number of rotatable bonds is 9. The Hall–Kier alpha value is -2.14. The van der Waals surface area contributed by atoms with Crippen molar-refractivity contribution in [3.63, 3.8) is 0 Å². The van der Waals surface area contributed by atoms with Crippen molar-refractivity contribution >= 4 is 51.8 Å². The second kappa shape index (κ2) is 10.9. The SMILES string of the molecule is CC(C)(C)[Si](C)(C)Oc1ccc2c(c(CCNCc3ccccc3)cn2S(=O)(=O)c2ccccc2)c1I. The third kappa shape index (κ3) is 5.97. The molecule has 0 unspecified atom stereocenters. The van der Waals surface area contributed by atoms with Crippen LogP contribution in [0.15, 0.2) is 83.9 Å². The third-order valence-electron chi connectivity index (χ3n) is 7.13. The molecule has 1 heterocycles. The van der Waals surface area contributed by atoms with Crippen molar-refractivity contribution in [2.75, 3.05) is 6.54 Å². The van der Waals surface area contributed by atoms with Gasteiger partial charge in [-0.3, -0.25) is 0 Å². The fourth-order valence-electron chi connectivity index (χ4n) is 3.96. The molecule has 0 amide bonds. The molecule has 3 aromatic carbocycles. The summed E-state index contributed by atoms with van der Waals surface area (Å²) >= 11 is 2.33. The average molecular weight is 647 g/mol. The molecule has 0 atom stereocenters. The van der Waals surface area contributed by atoms with Gasteiger partial charge < -0.3 is 9.74 Å². The Morgan fingerprint density at radius 1 is 0.946 bits per heavy atom. The molecule has 0 spiro atoms. The molecule has 0 saturated carbocycles. The van der Waals surface area contributed by atoms with Crippen LogP contribution < -0.4 is 9.74 Å².